The monoisotopic (exact) mass is 383 g/mol. The van der Waals surface area contributed by atoms with Crippen LogP contribution in [-0.2, 0) is 6.61 Å². The number of ether oxygens (including phenoxy) is 2. The molecule has 3 heterocycles. The lowest BCUT2D eigenvalue weighted by Gasteiger charge is -2.13. The van der Waals surface area contributed by atoms with Gasteiger partial charge in [0.1, 0.15) is 23.6 Å². The van der Waals surface area contributed by atoms with E-state index in [-0.39, 0.29) is 29.1 Å². The van der Waals surface area contributed by atoms with Crippen molar-refractivity contribution in [2.24, 2.45) is 0 Å². The normalized spacial score (nSPS) is 11.0. The Morgan fingerprint density at radius 3 is 2.75 bits per heavy atom. The van der Waals surface area contributed by atoms with Gasteiger partial charge in [-0.3, -0.25) is 0 Å². The lowest BCUT2D eigenvalue weighted by atomic mass is 10.2. The predicted octanol–water partition coefficient (Wildman–Crippen LogP) is 3.26. The maximum atomic E-state index is 13.9. The largest absolute Gasteiger partial charge is 0.483 e. The van der Waals surface area contributed by atoms with Gasteiger partial charge in [-0.15, -0.1) is 0 Å². The number of aromatic nitrogens is 4. The Morgan fingerprint density at radius 2 is 2.00 bits per heavy atom. The molecule has 0 spiro atoms. The minimum absolute atomic E-state index is 0.0125. The number of nitrogen functional groups attached to an aromatic ring is 1. The molecule has 142 valence electrons. The highest BCUT2D eigenvalue weighted by Crippen LogP contribution is 2.28. The predicted molar refractivity (Wildman–Crippen MR) is 98.3 cm³/mol. The van der Waals surface area contributed by atoms with Crippen molar-refractivity contribution in [3.8, 4) is 17.3 Å². The molecule has 0 aliphatic rings. The zero-order chi connectivity index (χ0) is 19.7. The lowest BCUT2D eigenvalue weighted by molar-refractivity contribution is 0.298. The molecule has 9 heteroatoms. The number of hydrogen-bond acceptors (Lipinski definition) is 6. The molecule has 0 radical (unpaired) electrons. The topological polar surface area (TPSA) is 88.1 Å². The highest BCUT2D eigenvalue weighted by molar-refractivity contribution is 5.83. The number of pyridine rings is 2. The van der Waals surface area contributed by atoms with Gasteiger partial charge in [0.05, 0.1) is 12.8 Å². The summed E-state index contributed by atoms with van der Waals surface area (Å²) in [5.74, 6) is -0.917. The molecule has 0 aliphatic carbocycles. The van der Waals surface area contributed by atoms with E-state index in [1.807, 2.05) is 0 Å². The number of methoxy groups -OCH3 is 1. The van der Waals surface area contributed by atoms with Crippen LogP contribution >= 0.6 is 0 Å². The second kappa shape index (κ2) is 7.10. The molecule has 28 heavy (non-hydrogen) atoms. The Bertz CT molecular complexity index is 1150. The lowest BCUT2D eigenvalue weighted by Crippen LogP contribution is -2.08. The van der Waals surface area contributed by atoms with E-state index in [0.717, 1.165) is 12.1 Å². The van der Waals surface area contributed by atoms with Gasteiger partial charge in [-0.2, -0.15) is 5.10 Å². The van der Waals surface area contributed by atoms with Crippen molar-refractivity contribution in [1.29, 1.82) is 0 Å². The van der Waals surface area contributed by atoms with Crippen LogP contribution < -0.4 is 15.2 Å². The van der Waals surface area contributed by atoms with E-state index in [1.165, 1.54) is 13.2 Å². The highest BCUT2D eigenvalue weighted by Gasteiger charge is 2.14. The molecule has 3 aromatic heterocycles. The Morgan fingerprint density at radius 1 is 1.14 bits per heavy atom. The average molecular weight is 383 g/mol. The fourth-order valence-corrected chi connectivity index (χ4v) is 2.78. The van der Waals surface area contributed by atoms with Crippen LogP contribution in [0.1, 0.15) is 5.69 Å². The summed E-state index contributed by atoms with van der Waals surface area (Å²) >= 11 is 0. The van der Waals surface area contributed by atoms with E-state index in [0.29, 0.717) is 17.3 Å². The molecule has 0 amide bonds. The highest BCUT2D eigenvalue weighted by atomic mass is 19.1. The molecule has 4 aromatic rings. The molecule has 0 saturated heterocycles. The fraction of sp³-hybridized carbons (Fsp3) is 0.105. The first-order chi connectivity index (χ1) is 13.5. The van der Waals surface area contributed by atoms with E-state index in [4.69, 9.17) is 15.2 Å². The van der Waals surface area contributed by atoms with Crippen LogP contribution in [0.4, 0.5) is 14.6 Å². The quantitative estimate of drug-likeness (QED) is 0.569. The SMILES string of the molecule is COc1ccc(-n2cccn2)c(COc2cc3cc(F)cc(F)c3nc2N)n1. The number of benzene rings is 1. The second-order valence-corrected chi connectivity index (χ2v) is 5.89. The van der Waals surface area contributed by atoms with Crippen molar-refractivity contribution in [3.63, 3.8) is 0 Å². The molecule has 4 rings (SSSR count). The first-order valence-electron chi connectivity index (χ1n) is 8.27. The molecule has 0 saturated carbocycles. The summed E-state index contributed by atoms with van der Waals surface area (Å²) in [4.78, 5) is 8.38. The second-order valence-electron chi connectivity index (χ2n) is 5.89. The number of anilines is 1. The zero-order valence-corrected chi connectivity index (χ0v) is 14.8. The van der Waals surface area contributed by atoms with Crippen LogP contribution in [0.3, 0.4) is 0 Å². The van der Waals surface area contributed by atoms with Crippen molar-refractivity contribution >= 4 is 16.7 Å². The fourth-order valence-electron chi connectivity index (χ4n) is 2.78. The zero-order valence-electron chi connectivity index (χ0n) is 14.8. The summed E-state index contributed by atoms with van der Waals surface area (Å²) in [6, 6.07) is 8.64. The van der Waals surface area contributed by atoms with Gasteiger partial charge in [0, 0.05) is 29.9 Å². The molecule has 0 fully saturated rings. The van der Waals surface area contributed by atoms with Gasteiger partial charge in [0.25, 0.3) is 0 Å². The van der Waals surface area contributed by atoms with Crippen LogP contribution in [0.2, 0.25) is 0 Å². The molecule has 0 unspecified atom stereocenters. The molecule has 1 aromatic carbocycles. The van der Waals surface area contributed by atoms with Crippen LogP contribution in [0.25, 0.3) is 16.6 Å². The molecule has 7 nitrogen and oxygen atoms in total. The molecule has 2 N–H and O–H groups in total. The Hall–Kier alpha value is -3.75. The van der Waals surface area contributed by atoms with Gasteiger partial charge in [0.2, 0.25) is 5.88 Å². The summed E-state index contributed by atoms with van der Waals surface area (Å²) in [5, 5.41) is 4.44. The maximum Gasteiger partial charge on any atom is 0.213 e. The Kier molecular flexibility index (Phi) is 4.48. The number of hydrogen-bond donors (Lipinski definition) is 1. The smallest absolute Gasteiger partial charge is 0.213 e. The first kappa shape index (κ1) is 17.7. The van der Waals surface area contributed by atoms with E-state index in [2.05, 4.69) is 15.1 Å². The summed E-state index contributed by atoms with van der Waals surface area (Å²) in [7, 11) is 1.51. The number of nitrogens with two attached hydrogens (primary N) is 1. The van der Waals surface area contributed by atoms with Crippen molar-refractivity contribution < 1.29 is 18.3 Å². The van der Waals surface area contributed by atoms with Crippen LogP contribution in [0.15, 0.2) is 48.8 Å². The summed E-state index contributed by atoms with van der Waals surface area (Å²) in [5.41, 5.74) is 7.09. The summed E-state index contributed by atoms with van der Waals surface area (Å²) in [6.45, 7) is 0.0155. The van der Waals surface area contributed by atoms with Gasteiger partial charge >= 0.3 is 0 Å². The van der Waals surface area contributed by atoms with Gasteiger partial charge in [0.15, 0.2) is 17.4 Å². The average Bonchev–Trinajstić information content (AvgIpc) is 3.21. The van der Waals surface area contributed by atoms with Crippen molar-refractivity contribution in [1.82, 2.24) is 19.7 Å². The molecule has 0 bridgehead atoms. The molecular weight excluding hydrogens is 368 g/mol. The number of nitrogens with zero attached hydrogens (tertiary/aromatic N) is 4. The molecular formula is C19H15F2N5O2. The van der Waals surface area contributed by atoms with Crippen molar-refractivity contribution in [2.75, 3.05) is 12.8 Å². The van der Waals surface area contributed by atoms with Crippen LogP contribution in [0, 0.1) is 11.6 Å². The minimum atomic E-state index is -0.788. The number of rotatable bonds is 5. The maximum absolute atomic E-state index is 13.9. The third-order valence-electron chi connectivity index (χ3n) is 4.08. The van der Waals surface area contributed by atoms with E-state index in [9.17, 15) is 8.78 Å². The standard InChI is InChI=1S/C19H15F2N5O2/c1-27-17-4-3-15(26-6-2-5-23-26)14(24-17)10-28-16-8-11-7-12(20)9-13(21)18(11)25-19(16)22/h2-9H,10H2,1H3,(H2,22,25). The van der Waals surface area contributed by atoms with Gasteiger partial charge in [-0.25, -0.2) is 23.4 Å². The summed E-state index contributed by atoms with van der Waals surface area (Å²) < 4.78 is 39.9. The molecule has 0 atom stereocenters. The number of halogens is 2. The first-order valence-corrected chi connectivity index (χ1v) is 8.27. The Balaban J connectivity index is 1.69. The van der Waals surface area contributed by atoms with Gasteiger partial charge < -0.3 is 15.2 Å². The third-order valence-corrected chi connectivity index (χ3v) is 4.08. The van der Waals surface area contributed by atoms with E-state index in [1.54, 1.807) is 35.3 Å². The van der Waals surface area contributed by atoms with Gasteiger partial charge in [-0.1, -0.05) is 0 Å². The van der Waals surface area contributed by atoms with Gasteiger partial charge in [-0.05, 0) is 24.3 Å². The van der Waals surface area contributed by atoms with Crippen molar-refractivity contribution in [3.05, 3.63) is 66.1 Å². The number of fused-ring (bicyclic) bond motifs is 1. The Labute approximate surface area is 158 Å². The third kappa shape index (κ3) is 3.29. The van der Waals surface area contributed by atoms with Crippen molar-refractivity contribution in [2.45, 2.75) is 6.61 Å². The molecule has 0 aliphatic heterocycles. The van der Waals surface area contributed by atoms with E-state index >= 15 is 0 Å². The van der Waals surface area contributed by atoms with Crippen LogP contribution in [-0.4, -0.2) is 26.9 Å². The summed E-state index contributed by atoms with van der Waals surface area (Å²) in [6.07, 6.45) is 3.41. The van der Waals surface area contributed by atoms with Crippen LogP contribution in [0.5, 0.6) is 11.6 Å². The van der Waals surface area contributed by atoms with E-state index < -0.39 is 11.6 Å². The minimum Gasteiger partial charge on any atom is -0.483 e.